The van der Waals surface area contributed by atoms with Crippen molar-refractivity contribution in [1.82, 2.24) is 9.97 Å². The third kappa shape index (κ3) is 4.13. The molecule has 7 nitrogen and oxygen atoms in total. The second-order valence-electron chi connectivity index (χ2n) is 4.38. The van der Waals surface area contributed by atoms with Gasteiger partial charge < -0.3 is 10.1 Å². The lowest BCUT2D eigenvalue weighted by Crippen LogP contribution is -2.06. The maximum absolute atomic E-state index is 10.7. The van der Waals surface area contributed by atoms with Gasteiger partial charge in [0.25, 0.3) is 5.69 Å². The van der Waals surface area contributed by atoms with Gasteiger partial charge in [-0.25, -0.2) is 4.98 Å². The fourth-order valence-corrected chi connectivity index (χ4v) is 1.80. The summed E-state index contributed by atoms with van der Waals surface area (Å²) in [7, 11) is 0. The summed E-state index contributed by atoms with van der Waals surface area (Å²) < 4.78 is 5.35. The van der Waals surface area contributed by atoms with Crippen LogP contribution in [0.5, 0.6) is 5.88 Å². The van der Waals surface area contributed by atoms with E-state index in [1.54, 1.807) is 18.2 Å². The molecule has 0 atom stereocenters. The number of hydrogen-bond donors (Lipinski definition) is 1. The summed E-state index contributed by atoms with van der Waals surface area (Å²) in [4.78, 5) is 18.8. The average molecular weight is 288 g/mol. The van der Waals surface area contributed by atoms with Gasteiger partial charge in [-0.1, -0.05) is 12.1 Å². The van der Waals surface area contributed by atoms with Crippen LogP contribution in [0.2, 0.25) is 0 Å². The Kier molecular flexibility index (Phi) is 4.65. The monoisotopic (exact) mass is 288 g/mol. The Bertz CT molecular complexity index is 646. The van der Waals surface area contributed by atoms with E-state index in [4.69, 9.17) is 4.74 Å². The van der Waals surface area contributed by atoms with Gasteiger partial charge in [-0.3, -0.25) is 10.1 Å². The number of nitrogens with one attached hydrogen (secondary N) is 1. The van der Waals surface area contributed by atoms with Crippen LogP contribution in [-0.2, 0) is 6.54 Å². The van der Waals surface area contributed by atoms with Gasteiger partial charge in [-0.15, -0.1) is 0 Å². The Hall–Kier alpha value is -2.70. The van der Waals surface area contributed by atoms with Crippen molar-refractivity contribution in [3.63, 3.8) is 0 Å². The summed E-state index contributed by atoms with van der Waals surface area (Å²) in [5.41, 5.74) is 1.64. The molecule has 1 N–H and O–H groups in total. The van der Waals surface area contributed by atoms with Crippen LogP contribution in [0.1, 0.15) is 18.2 Å². The minimum atomic E-state index is -0.417. The van der Waals surface area contributed by atoms with Gasteiger partial charge in [-0.2, -0.15) is 4.98 Å². The molecule has 0 saturated carbocycles. The Labute approximate surface area is 122 Å². The first kappa shape index (κ1) is 14.7. The normalized spacial score (nSPS) is 10.2. The third-order valence-corrected chi connectivity index (χ3v) is 2.69. The molecule has 7 heteroatoms. The molecule has 0 aliphatic heterocycles. The molecule has 2 rings (SSSR count). The second-order valence-corrected chi connectivity index (χ2v) is 4.38. The number of aryl methyl sites for hydroxylation is 1. The molecular formula is C14H16N4O3. The Morgan fingerprint density at radius 3 is 2.86 bits per heavy atom. The molecule has 2 aromatic rings. The van der Waals surface area contributed by atoms with E-state index in [1.165, 1.54) is 12.1 Å². The van der Waals surface area contributed by atoms with Gasteiger partial charge in [0.05, 0.1) is 11.5 Å². The zero-order chi connectivity index (χ0) is 15.2. The Morgan fingerprint density at radius 1 is 1.33 bits per heavy atom. The molecule has 0 aliphatic carbocycles. The minimum Gasteiger partial charge on any atom is -0.478 e. The molecule has 0 fully saturated rings. The quantitative estimate of drug-likeness (QED) is 0.649. The van der Waals surface area contributed by atoms with E-state index in [2.05, 4.69) is 15.3 Å². The van der Waals surface area contributed by atoms with Gasteiger partial charge in [0.1, 0.15) is 0 Å². The number of benzene rings is 1. The molecule has 0 aliphatic rings. The highest BCUT2D eigenvalue weighted by molar-refractivity contribution is 5.37. The molecule has 1 aromatic carbocycles. The molecular weight excluding hydrogens is 272 g/mol. The van der Waals surface area contributed by atoms with Gasteiger partial charge in [0, 0.05) is 30.4 Å². The topological polar surface area (TPSA) is 90.2 Å². The van der Waals surface area contributed by atoms with E-state index in [0.717, 1.165) is 11.3 Å². The Morgan fingerprint density at radius 2 is 2.14 bits per heavy atom. The van der Waals surface area contributed by atoms with Gasteiger partial charge in [0.15, 0.2) is 0 Å². The fraction of sp³-hybridized carbons (Fsp3) is 0.286. The highest BCUT2D eigenvalue weighted by atomic mass is 16.6. The second kappa shape index (κ2) is 6.65. The molecule has 0 unspecified atom stereocenters. The van der Waals surface area contributed by atoms with Gasteiger partial charge in [-0.05, 0) is 19.4 Å². The van der Waals surface area contributed by atoms with Crippen LogP contribution in [0.15, 0.2) is 30.3 Å². The zero-order valence-electron chi connectivity index (χ0n) is 11.9. The highest BCUT2D eigenvalue weighted by Gasteiger charge is 2.07. The molecule has 0 bridgehead atoms. The van der Waals surface area contributed by atoms with E-state index in [9.17, 15) is 10.1 Å². The summed E-state index contributed by atoms with van der Waals surface area (Å²) in [6.07, 6.45) is 0. The predicted molar refractivity (Wildman–Crippen MR) is 78.4 cm³/mol. The Balaban J connectivity index is 2.09. The molecule has 0 radical (unpaired) electrons. The van der Waals surface area contributed by atoms with Crippen molar-refractivity contribution in [2.75, 3.05) is 11.9 Å². The first-order chi connectivity index (χ1) is 10.1. The lowest BCUT2D eigenvalue weighted by Gasteiger charge is -2.08. The molecule has 0 spiro atoms. The maximum atomic E-state index is 10.7. The largest absolute Gasteiger partial charge is 0.478 e. The number of anilines is 1. The summed E-state index contributed by atoms with van der Waals surface area (Å²) in [5.74, 6) is 0.941. The number of non-ortho nitro benzene ring substituents is 1. The number of nitro benzene ring substituents is 1. The fourth-order valence-electron chi connectivity index (χ4n) is 1.80. The third-order valence-electron chi connectivity index (χ3n) is 2.69. The molecule has 0 amide bonds. The molecule has 0 saturated heterocycles. The van der Waals surface area contributed by atoms with Crippen LogP contribution in [0.25, 0.3) is 0 Å². The van der Waals surface area contributed by atoms with E-state index in [1.807, 2.05) is 13.8 Å². The van der Waals surface area contributed by atoms with E-state index >= 15 is 0 Å². The first-order valence-electron chi connectivity index (χ1n) is 6.54. The lowest BCUT2D eigenvalue weighted by atomic mass is 10.2. The number of nitro groups is 1. The van der Waals surface area contributed by atoms with Crippen molar-refractivity contribution in [1.29, 1.82) is 0 Å². The van der Waals surface area contributed by atoms with E-state index < -0.39 is 4.92 Å². The van der Waals surface area contributed by atoms with Crippen LogP contribution in [0.3, 0.4) is 0 Å². The summed E-state index contributed by atoms with van der Waals surface area (Å²) >= 11 is 0. The summed E-state index contributed by atoms with van der Waals surface area (Å²) in [6, 6.07) is 8.19. The van der Waals surface area contributed by atoms with Gasteiger partial charge in [0.2, 0.25) is 11.8 Å². The van der Waals surface area contributed by atoms with Crippen molar-refractivity contribution in [3.8, 4) is 5.88 Å². The molecule has 21 heavy (non-hydrogen) atoms. The number of nitrogens with zero attached hydrogens (tertiary/aromatic N) is 3. The van der Waals surface area contributed by atoms with Crippen LogP contribution in [0.4, 0.5) is 11.6 Å². The van der Waals surface area contributed by atoms with Crippen molar-refractivity contribution >= 4 is 11.6 Å². The van der Waals surface area contributed by atoms with Crippen LogP contribution < -0.4 is 10.1 Å². The number of rotatable bonds is 6. The highest BCUT2D eigenvalue weighted by Crippen LogP contribution is 2.15. The van der Waals surface area contributed by atoms with Crippen molar-refractivity contribution < 1.29 is 9.66 Å². The lowest BCUT2D eigenvalue weighted by molar-refractivity contribution is -0.384. The number of ether oxygens (including phenoxy) is 1. The van der Waals surface area contributed by atoms with Gasteiger partial charge >= 0.3 is 0 Å². The van der Waals surface area contributed by atoms with Crippen molar-refractivity contribution in [2.24, 2.45) is 0 Å². The predicted octanol–water partition coefficient (Wildman–Crippen LogP) is 2.70. The maximum Gasteiger partial charge on any atom is 0.269 e. The molecule has 1 aromatic heterocycles. The van der Waals surface area contributed by atoms with E-state index in [-0.39, 0.29) is 5.69 Å². The van der Waals surface area contributed by atoms with Crippen molar-refractivity contribution in [3.05, 3.63) is 51.7 Å². The van der Waals surface area contributed by atoms with Crippen LogP contribution in [-0.4, -0.2) is 21.5 Å². The molecule has 110 valence electrons. The first-order valence-corrected chi connectivity index (χ1v) is 6.54. The zero-order valence-corrected chi connectivity index (χ0v) is 11.9. The average Bonchev–Trinajstić information content (AvgIpc) is 2.45. The SMILES string of the molecule is CCOc1cc(C)nc(NCc2cccc([N+](=O)[O-])c2)n1. The standard InChI is InChI=1S/C14H16N4O3/c1-3-21-13-7-10(2)16-14(17-13)15-9-11-5-4-6-12(8-11)18(19)20/h4-8H,3,9H2,1-2H3,(H,15,16,17). The minimum absolute atomic E-state index is 0.0643. The van der Waals surface area contributed by atoms with Crippen LogP contribution >= 0.6 is 0 Å². The number of aromatic nitrogens is 2. The van der Waals surface area contributed by atoms with Crippen molar-refractivity contribution in [2.45, 2.75) is 20.4 Å². The van der Waals surface area contributed by atoms with Crippen LogP contribution in [0, 0.1) is 17.0 Å². The smallest absolute Gasteiger partial charge is 0.269 e. The summed E-state index contributed by atoms with van der Waals surface area (Å²) in [6.45, 7) is 4.66. The number of hydrogen-bond acceptors (Lipinski definition) is 6. The summed E-state index contributed by atoms with van der Waals surface area (Å²) in [5, 5.41) is 13.8. The van der Waals surface area contributed by atoms with E-state index in [0.29, 0.717) is 25.0 Å². The molecule has 1 heterocycles.